The average Bonchev–Trinajstić information content (AvgIpc) is 2.14. The summed E-state index contributed by atoms with van der Waals surface area (Å²) >= 11 is 0. The van der Waals surface area contributed by atoms with Crippen molar-refractivity contribution in [1.29, 1.82) is 0 Å². The highest BCUT2D eigenvalue weighted by Crippen LogP contribution is 2.08. The lowest BCUT2D eigenvalue weighted by Crippen LogP contribution is -2.35. The molecule has 1 rings (SSSR count). The largest absolute Gasteiger partial charge is 0.363 e. The van der Waals surface area contributed by atoms with Crippen molar-refractivity contribution < 1.29 is 0 Å². The van der Waals surface area contributed by atoms with Crippen LogP contribution in [0.25, 0.3) is 0 Å². The summed E-state index contributed by atoms with van der Waals surface area (Å²) in [6, 6.07) is 4.15. The van der Waals surface area contributed by atoms with E-state index in [1.165, 1.54) is 5.56 Å². The quantitative estimate of drug-likeness (QED) is 0.822. The van der Waals surface area contributed by atoms with Gasteiger partial charge in [0.1, 0.15) is 5.82 Å². The summed E-state index contributed by atoms with van der Waals surface area (Å²) < 4.78 is 0. The summed E-state index contributed by atoms with van der Waals surface area (Å²) in [4.78, 5) is 6.37. The van der Waals surface area contributed by atoms with Crippen LogP contribution in [0.2, 0.25) is 0 Å². The fourth-order valence-electron chi connectivity index (χ4n) is 1.15. The van der Waals surface area contributed by atoms with Crippen LogP contribution >= 0.6 is 0 Å². The summed E-state index contributed by atoms with van der Waals surface area (Å²) in [6.07, 6.45) is 1.92. The second kappa shape index (κ2) is 4.62. The second-order valence-corrected chi connectivity index (χ2v) is 5.02. The highest BCUT2D eigenvalue weighted by Gasteiger charge is 2.08. The van der Waals surface area contributed by atoms with Crippen molar-refractivity contribution in [2.24, 2.45) is 0 Å². The Labute approximate surface area is 92.5 Å². The van der Waals surface area contributed by atoms with E-state index in [0.717, 1.165) is 12.4 Å². The maximum Gasteiger partial charge on any atom is 0.127 e. The zero-order chi connectivity index (χ0) is 11.5. The van der Waals surface area contributed by atoms with Gasteiger partial charge in [0, 0.05) is 32.4 Å². The van der Waals surface area contributed by atoms with Gasteiger partial charge in [-0.25, -0.2) is 4.98 Å². The molecular weight excluding hydrogens is 186 g/mol. The molecule has 0 amide bonds. The van der Waals surface area contributed by atoms with Crippen molar-refractivity contribution in [3.63, 3.8) is 0 Å². The molecule has 0 aliphatic heterocycles. The zero-order valence-electron chi connectivity index (χ0n) is 10.3. The summed E-state index contributed by atoms with van der Waals surface area (Å²) in [7, 11) is 3.99. The van der Waals surface area contributed by atoms with Crippen molar-refractivity contribution in [1.82, 2.24) is 10.3 Å². The first kappa shape index (κ1) is 12.0. The number of aromatic nitrogens is 1. The Morgan fingerprint density at radius 1 is 1.27 bits per heavy atom. The van der Waals surface area contributed by atoms with Gasteiger partial charge in [0.05, 0.1) is 0 Å². The second-order valence-electron chi connectivity index (χ2n) is 5.02. The Kier molecular flexibility index (Phi) is 3.69. The Balaban J connectivity index is 2.57. The van der Waals surface area contributed by atoms with E-state index >= 15 is 0 Å². The molecule has 1 N–H and O–H groups in total. The SMILES string of the molecule is CN(C)c1ccc(CNC(C)(C)C)cn1. The van der Waals surface area contributed by atoms with Gasteiger partial charge in [0.2, 0.25) is 0 Å². The van der Waals surface area contributed by atoms with Gasteiger partial charge in [-0.1, -0.05) is 6.07 Å². The smallest absolute Gasteiger partial charge is 0.127 e. The van der Waals surface area contributed by atoms with Crippen molar-refractivity contribution in [2.75, 3.05) is 19.0 Å². The van der Waals surface area contributed by atoms with Crippen molar-refractivity contribution in [3.05, 3.63) is 23.9 Å². The van der Waals surface area contributed by atoms with Crippen LogP contribution in [0.4, 0.5) is 5.82 Å². The van der Waals surface area contributed by atoms with Gasteiger partial charge >= 0.3 is 0 Å². The Morgan fingerprint density at radius 3 is 2.33 bits per heavy atom. The van der Waals surface area contributed by atoms with E-state index < -0.39 is 0 Å². The Hall–Kier alpha value is -1.09. The van der Waals surface area contributed by atoms with Gasteiger partial charge in [-0.3, -0.25) is 0 Å². The number of nitrogens with one attached hydrogen (secondary N) is 1. The normalized spacial score (nSPS) is 11.5. The highest BCUT2D eigenvalue weighted by atomic mass is 15.1. The van der Waals surface area contributed by atoms with Crippen molar-refractivity contribution >= 4 is 5.82 Å². The van der Waals surface area contributed by atoms with Crippen molar-refractivity contribution in [2.45, 2.75) is 32.9 Å². The maximum absolute atomic E-state index is 4.36. The van der Waals surface area contributed by atoms with Gasteiger partial charge in [-0.05, 0) is 32.4 Å². The lowest BCUT2D eigenvalue weighted by molar-refractivity contribution is 0.424. The standard InChI is InChI=1S/C12H21N3/c1-12(2,3)14-9-10-6-7-11(13-8-10)15(4)5/h6-8,14H,9H2,1-5H3. The fraction of sp³-hybridized carbons (Fsp3) is 0.583. The summed E-state index contributed by atoms with van der Waals surface area (Å²) in [6.45, 7) is 7.35. The molecule has 0 bridgehead atoms. The number of pyridine rings is 1. The van der Waals surface area contributed by atoms with Gasteiger partial charge in [-0.2, -0.15) is 0 Å². The number of nitrogens with zero attached hydrogens (tertiary/aromatic N) is 2. The van der Waals surface area contributed by atoms with Gasteiger partial charge in [-0.15, -0.1) is 0 Å². The summed E-state index contributed by atoms with van der Waals surface area (Å²) in [5.74, 6) is 0.995. The minimum Gasteiger partial charge on any atom is -0.363 e. The van der Waals surface area contributed by atoms with Crippen LogP contribution in [-0.4, -0.2) is 24.6 Å². The van der Waals surface area contributed by atoms with E-state index in [1.54, 1.807) is 0 Å². The van der Waals surface area contributed by atoms with Crippen LogP contribution in [0.15, 0.2) is 18.3 Å². The summed E-state index contributed by atoms with van der Waals surface area (Å²) in [5, 5.41) is 3.43. The van der Waals surface area contributed by atoms with E-state index in [2.05, 4.69) is 37.1 Å². The van der Waals surface area contributed by atoms with Gasteiger partial charge < -0.3 is 10.2 Å². The molecule has 0 fully saturated rings. The minimum atomic E-state index is 0.153. The number of anilines is 1. The topological polar surface area (TPSA) is 28.2 Å². The van der Waals surface area contributed by atoms with E-state index in [1.807, 2.05) is 31.3 Å². The molecule has 0 spiro atoms. The molecule has 0 aromatic carbocycles. The van der Waals surface area contributed by atoms with Crippen LogP contribution in [-0.2, 0) is 6.54 Å². The maximum atomic E-state index is 4.36. The van der Waals surface area contributed by atoms with Gasteiger partial charge in [0.25, 0.3) is 0 Å². The molecule has 3 heteroatoms. The number of hydrogen-bond acceptors (Lipinski definition) is 3. The van der Waals surface area contributed by atoms with E-state index in [9.17, 15) is 0 Å². The molecule has 0 saturated heterocycles. The van der Waals surface area contributed by atoms with Crippen molar-refractivity contribution in [3.8, 4) is 0 Å². The molecule has 1 aromatic rings. The van der Waals surface area contributed by atoms with Crippen LogP contribution in [0, 0.1) is 0 Å². The minimum absolute atomic E-state index is 0.153. The lowest BCUT2D eigenvalue weighted by atomic mass is 10.1. The van der Waals surface area contributed by atoms with Gasteiger partial charge in [0.15, 0.2) is 0 Å². The van der Waals surface area contributed by atoms with Crippen LogP contribution in [0.5, 0.6) is 0 Å². The Bertz CT molecular complexity index is 296. The van der Waals surface area contributed by atoms with Crippen LogP contribution < -0.4 is 10.2 Å². The molecule has 0 saturated carbocycles. The average molecular weight is 207 g/mol. The third-order valence-corrected chi connectivity index (χ3v) is 2.09. The van der Waals surface area contributed by atoms with Crippen LogP contribution in [0.3, 0.4) is 0 Å². The molecule has 3 nitrogen and oxygen atoms in total. The number of hydrogen-bond donors (Lipinski definition) is 1. The van der Waals surface area contributed by atoms with E-state index in [-0.39, 0.29) is 5.54 Å². The summed E-state index contributed by atoms with van der Waals surface area (Å²) in [5.41, 5.74) is 1.37. The first-order chi connectivity index (χ1) is 6.88. The fourth-order valence-corrected chi connectivity index (χ4v) is 1.15. The molecular formula is C12H21N3. The zero-order valence-corrected chi connectivity index (χ0v) is 10.3. The third kappa shape index (κ3) is 4.30. The van der Waals surface area contributed by atoms with E-state index in [4.69, 9.17) is 0 Å². The van der Waals surface area contributed by atoms with E-state index in [0.29, 0.717) is 0 Å². The molecule has 0 aliphatic rings. The lowest BCUT2D eigenvalue weighted by Gasteiger charge is -2.20. The monoisotopic (exact) mass is 207 g/mol. The molecule has 0 radical (unpaired) electrons. The first-order valence-electron chi connectivity index (χ1n) is 5.26. The number of rotatable bonds is 3. The third-order valence-electron chi connectivity index (χ3n) is 2.09. The molecule has 0 atom stereocenters. The molecule has 84 valence electrons. The molecule has 1 aromatic heterocycles. The molecule has 0 aliphatic carbocycles. The van der Waals surface area contributed by atoms with Crippen LogP contribution in [0.1, 0.15) is 26.3 Å². The molecule has 1 heterocycles. The molecule has 0 unspecified atom stereocenters. The Morgan fingerprint density at radius 2 is 1.93 bits per heavy atom. The predicted octanol–water partition coefficient (Wildman–Crippen LogP) is 2.04. The molecule has 15 heavy (non-hydrogen) atoms. The predicted molar refractivity (Wildman–Crippen MR) is 65.2 cm³/mol. The highest BCUT2D eigenvalue weighted by molar-refractivity contribution is 5.37. The first-order valence-corrected chi connectivity index (χ1v) is 5.26.